The second kappa shape index (κ2) is 22.4. The van der Waals surface area contributed by atoms with Gasteiger partial charge in [-0.1, -0.05) is 39.8 Å². The van der Waals surface area contributed by atoms with Crippen LogP contribution in [0.2, 0.25) is 0 Å². The summed E-state index contributed by atoms with van der Waals surface area (Å²) in [5.74, 6) is -1.61. The number of carbonyl (C=O) groups is 6. The minimum atomic E-state index is -1.22. The van der Waals surface area contributed by atoms with Crippen LogP contribution < -0.4 is 31.7 Å². The number of benzene rings is 1. The van der Waals surface area contributed by atoms with Gasteiger partial charge in [-0.25, -0.2) is 0 Å². The van der Waals surface area contributed by atoms with E-state index in [1.807, 2.05) is 27.7 Å². The molecule has 8 N–H and O–H groups in total. The van der Waals surface area contributed by atoms with Gasteiger partial charge in [-0.3, -0.25) is 28.8 Å². The lowest BCUT2D eigenvalue weighted by Gasteiger charge is -2.28. The molecule has 15 nitrogen and oxygen atoms in total. The molecule has 2 bridgehead atoms. The fourth-order valence-corrected chi connectivity index (χ4v) is 4.81. The summed E-state index contributed by atoms with van der Waals surface area (Å²) in [6.07, 6.45) is 0.715. The van der Waals surface area contributed by atoms with E-state index in [1.165, 1.54) is 6.92 Å². The van der Waals surface area contributed by atoms with Crippen molar-refractivity contribution >= 4 is 36.0 Å². The largest absolute Gasteiger partial charge is 0.484 e. The topological polar surface area (TPSA) is 229 Å². The molecule has 270 valence electrons. The van der Waals surface area contributed by atoms with Crippen molar-refractivity contribution in [1.82, 2.24) is 26.2 Å². The SMILES string of the molecule is CC(C)C[C@H]1NC(=O)Cc2cccc(c2)OCC(=O)NCCCN(C(=O)[C@H](N)C(C)C)CCCCNC(=O)[C@H]([C@@H](C)O)NC1=O.O=CO. The zero-order valence-electron chi connectivity index (χ0n) is 28.7. The Kier molecular flexibility index (Phi) is 19.5. The molecule has 1 aliphatic rings. The maximum absolute atomic E-state index is 13.3. The van der Waals surface area contributed by atoms with Crippen LogP contribution in [0.25, 0.3) is 0 Å². The van der Waals surface area contributed by atoms with Gasteiger partial charge in [0.15, 0.2) is 6.61 Å². The Balaban J connectivity index is 0.00000369. The number of fused-ring (bicyclic) bond motifs is 2. The monoisotopic (exact) mass is 678 g/mol. The number of aliphatic hydroxyl groups excluding tert-OH is 1. The molecule has 48 heavy (non-hydrogen) atoms. The molecule has 5 amide bonds. The highest BCUT2D eigenvalue weighted by Crippen LogP contribution is 2.15. The van der Waals surface area contributed by atoms with Crippen LogP contribution in [0.3, 0.4) is 0 Å². The molecule has 0 spiro atoms. The number of aliphatic hydroxyl groups is 1. The molecule has 0 aliphatic carbocycles. The molecular formula is C33H54N6O9. The van der Waals surface area contributed by atoms with Crippen molar-refractivity contribution < 1.29 is 43.7 Å². The number of ether oxygens (including phenoxy) is 1. The van der Waals surface area contributed by atoms with Crippen molar-refractivity contribution in [3.8, 4) is 5.75 Å². The van der Waals surface area contributed by atoms with Crippen LogP contribution in [0.4, 0.5) is 0 Å². The van der Waals surface area contributed by atoms with E-state index < -0.39 is 42.0 Å². The number of nitrogens with two attached hydrogens (primary N) is 1. The highest BCUT2D eigenvalue weighted by atomic mass is 16.5. The molecular weight excluding hydrogens is 624 g/mol. The van der Waals surface area contributed by atoms with Crippen molar-refractivity contribution in [2.75, 3.05) is 32.8 Å². The fourth-order valence-electron chi connectivity index (χ4n) is 4.81. The van der Waals surface area contributed by atoms with Gasteiger partial charge < -0.3 is 46.9 Å². The molecule has 2 rings (SSSR count). The predicted octanol–water partition coefficient (Wildman–Crippen LogP) is -0.0666. The summed E-state index contributed by atoms with van der Waals surface area (Å²) in [6.45, 7) is 9.92. The molecule has 1 aromatic rings. The van der Waals surface area contributed by atoms with Gasteiger partial charge in [0.25, 0.3) is 12.4 Å². The molecule has 0 unspecified atom stereocenters. The van der Waals surface area contributed by atoms with E-state index in [2.05, 4.69) is 21.3 Å². The number of nitrogens with one attached hydrogen (secondary N) is 4. The van der Waals surface area contributed by atoms with Crippen molar-refractivity contribution in [3.05, 3.63) is 29.8 Å². The summed E-state index contributed by atoms with van der Waals surface area (Å²) in [5.41, 5.74) is 6.76. The van der Waals surface area contributed by atoms with Gasteiger partial charge in [0, 0.05) is 26.2 Å². The third-order valence-corrected chi connectivity index (χ3v) is 7.45. The molecule has 0 fully saturated rings. The third-order valence-electron chi connectivity index (χ3n) is 7.45. The van der Waals surface area contributed by atoms with Gasteiger partial charge in [-0.15, -0.1) is 0 Å². The zero-order chi connectivity index (χ0) is 36.2. The average molecular weight is 679 g/mol. The second-order valence-corrected chi connectivity index (χ2v) is 12.5. The van der Waals surface area contributed by atoms with E-state index in [4.69, 9.17) is 20.4 Å². The molecule has 1 aliphatic heterocycles. The van der Waals surface area contributed by atoms with Crippen molar-refractivity contribution in [2.24, 2.45) is 17.6 Å². The Hall–Kier alpha value is -4.24. The quantitative estimate of drug-likeness (QED) is 0.205. The van der Waals surface area contributed by atoms with Crippen LogP contribution in [-0.4, -0.2) is 108 Å². The normalized spacial score (nSPS) is 20.7. The highest BCUT2D eigenvalue weighted by molar-refractivity contribution is 5.92. The van der Waals surface area contributed by atoms with Gasteiger partial charge in [0.1, 0.15) is 17.8 Å². The molecule has 0 radical (unpaired) electrons. The van der Waals surface area contributed by atoms with Crippen molar-refractivity contribution in [1.29, 1.82) is 0 Å². The lowest BCUT2D eigenvalue weighted by Crippen LogP contribution is -2.57. The van der Waals surface area contributed by atoms with E-state index in [0.29, 0.717) is 56.6 Å². The Morgan fingerprint density at radius 2 is 1.62 bits per heavy atom. The lowest BCUT2D eigenvalue weighted by atomic mass is 10.0. The number of hydrogen-bond donors (Lipinski definition) is 7. The molecule has 1 aromatic carbocycles. The predicted molar refractivity (Wildman–Crippen MR) is 179 cm³/mol. The summed E-state index contributed by atoms with van der Waals surface area (Å²) in [7, 11) is 0. The van der Waals surface area contributed by atoms with Crippen LogP contribution >= 0.6 is 0 Å². The Morgan fingerprint density at radius 1 is 0.979 bits per heavy atom. The molecule has 15 heteroatoms. The summed E-state index contributed by atoms with van der Waals surface area (Å²) < 4.78 is 5.63. The Bertz CT molecular complexity index is 1190. The summed E-state index contributed by atoms with van der Waals surface area (Å²) >= 11 is 0. The summed E-state index contributed by atoms with van der Waals surface area (Å²) in [6, 6.07) is 3.96. The summed E-state index contributed by atoms with van der Waals surface area (Å²) in [5, 5.41) is 28.1. The van der Waals surface area contributed by atoms with Gasteiger partial charge >= 0.3 is 0 Å². The number of hydrogen-bond acceptors (Lipinski definition) is 9. The lowest BCUT2D eigenvalue weighted by molar-refractivity contribution is -0.134. The molecule has 0 saturated heterocycles. The van der Waals surface area contributed by atoms with E-state index in [9.17, 15) is 29.1 Å². The number of carbonyl (C=O) groups excluding carboxylic acids is 5. The fraction of sp³-hybridized carbons (Fsp3) is 0.636. The number of nitrogens with zero attached hydrogens (tertiary/aromatic N) is 1. The maximum atomic E-state index is 13.3. The first-order valence-electron chi connectivity index (χ1n) is 16.4. The van der Waals surface area contributed by atoms with Crippen molar-refractivity contribution in [3.63, 3.8) is 0 Å². The Morgan fingerprint density at radius 3 is 2.25 bits per heavy atom. The van der Waals surface area contributed by atoms with Gasteiger partial charge in [-0.05, 0) is 62.1 Å². The van der Waals surface area contributed by atoms with E-state index >= 15 is 0 Å². The zero-order valence-corrected chi connectivity index (χ0v) is 28.7. The van der Waals surface area contributed by atoms with E-state index in [-0.39, 0.29) is 49.7 Å². The second-order valence-electron chi connectivity index (χ2n) is 12.5. The average Bonchev–Trinajstić information content (AvgIpc) is 3.01. The number of amides is 5. The van der Waals surface area contributed by atoms with E-state index in [1.54, 1.807) is 29.2 Å². The number of rotatable bonds is 5. The smallest absolute Gasteiger partial charge is 0.290 e. The molecule has 0 aromatic heterocycles. The minimum Gasteiger partial charge on any atom is -0.484 e. The highest BCUT2D eigenvalue weighted by Gasteiger charge is 2.30. The van der Waals surface area contributed by atoms with Crippen molar-refractivity contribution in [2.45, 2.75) is 91.0 Å². The minimum absolute atomic E-state index is 0.0404. The van der Waals surface area contributed by atoms with Crippen LogP contribution in [0, 0.1) is 11.8 Å². The van der Waals surface area contributed by atoms with Gasteiger partial charge in [0.05, 0.1) is 18.6 Å². The third kappa shape index (κ3) is 16.0. The maximum Gasteiger partial charge on any atom is 0.290 e. The first kappa shape index (κ1) is 41.8. The first-order valence-corrected chi connectivity index (χ1v) is 16.4. The van der Waals surface area contributed by atoms with Crippen LogP contribution in [0.1, 0.15) is 65.9 Å². The van der Waals surface area contributed by atoms with Gasteiger partial charge in [0.2, 0.25) is 23.6 Å². The molecule has 1 heterocycles. The summed E-state index contributed by atoms with van der Waals surface area (Å²) in [4.78, 5) is 74.7. The van der Waals surface area contributed by atoms with Crippen LogP contribution in [-0.2, 0) is 35.2 Å². The molecule has 0 saturated carbocycles. The van der Waals surface area contributed by atoms with E-state index in [0.717, 1.165) is 0 Å². The molecule has 4 atom stereocenters. The standard InChI is InChI=1S/C32H52N6O7.CH2O2/c1-20(2)16-25-30(42)37-29(22(5)39)31(43)35-12-6-7-14-38(32(44)28(33)21(3)4)15-9-13-34-27(41)19-45-24-11-8-10-23(17-24)18-26(40)36-25;2-1-3/h8,10-11,17,20-22,25,28-29,39H,6-7,9,12-16,18-19,33H2,1-5H3,(H,34,41)(H,35,43)(H,36,40)(H,37,42);1H,(H,2,3)/t22-,25-,28-,29+;/m1./s1. The van der Waals surface area contributed by atoms with Crippen LogP contribution in [0.5, 0.6) is 5.75 Å². The number of carboxylic acid groups (broad SMARTS) is 1. The first-order chi connectivity index (χ1) is 22.7. The van der Waals surface area contributed by atoms with Crippen LogP contribution in [0.15, 0.2) is 24.3 Å². The van der Waals surface area contributed by atoms with Gasteiger partial charge in [-0.2, -0.15) is 0 Å². The Labute approximate surface area is 282 Å².